The predicted molar refractivity (Wildman–Crippen MR) is 67.7 cm³/mol. The van der Waals surface area contributed by atoms with E-state index in [2.05, 4.69) is 5.32 Å². The Labute approximate surface area is 105 Å². The number of carbonyl (C=O) groups excluding carboxylic acids is 1. The third-order valence-electron chi connectivity index (χ3n) is 3.12. The van der Waals surface area contributed by atoms with Crippen LogP contribution in [0.1, 0.15) is 17.9 Å². The van der Waals surface area contributed by atoms with Crippen LogP contribution in [0.3, 0.4) is 0 Å². The lowest BCUT2D eigenvalue weighted by molar-refractivity contribution is -0.137. The Morgan fingerprint density at radius 3 is 2.83 bits per heavy atom. The zero-order valence-electron chi connectivity index (χ0n) is 10.2. The summed E-state index contributed by atoms with van der Waals surface area (Å²) in [5.74, 6) is -0.977. The van der Waals surface area contributed by atoms with Gasteiger partial charge >= 0.3 is 5.97 Å². The molecule has 96 valence electrons. The number of amides is 1. The van der Waals surface area contributed by atoms with Gasteiger partial charge in [-0.1, -0.05) is 18.2 Å². The molecule has 0 bridgehead atoms. The summed E-state index contributed by atoms with van der Waals surface area (Å²) in [7, 11) is 1.72. The molecule has 1 atom stereocenters. The predicted octanol–water partition coefficient (Wildman–Crippen LogP) is 0.811. The standard InChI is InChI=1S/C13H16N2O3/c1-14-7-12(16)15-8-9(6-13(17)18)10-4-2-3-5-11(10)15/h2-5,9,14H,6-8H2,1H3,(H,17,18). The van der Waals surface area contributed by atoms with E-state index in [9.17, 15) is 9.59 Å². The first-order valence-electron chi connectivity index (χ1n) is 5.89. The fourth-order valence-electron chi connectivity index (χ4n) is 2.36. The van der Waals surface area contributed by atoms with Gasteiger partial charge in [-0.25, -0.2) is 0 Å². The Morgan fingerprint density at radius 1 is 1.44 bits per heavy atom. The van der Waals surface area contributed by atoms with Crippen molar-refractivity contribution < 1.29 is 14.7 Å². The molecular formula is C13H16N2O3. The summed E-state index contributed by atoms with van der Waals surface area (Å²) < 4.78 is 0. The topological polar surface area (TPSA) is 69.6 Å². The third-order valence-corrected chi connectivity index (χ3v) is 3.12. The molecule has 0 saturated heterocycles. The highest BCUT2D eigenvalue weighted by molar-refractivity contribution is 5.97. The molecule has 0 fully saturated rings. The van der Waals surface area contributed by atoms with Gasteiger partial charge < -0.3 is 15.3 Å². The molecule has 2 N–H and O–H groups in total. The molecule has 1 heterocycles. The zero-order valence-corrected chi connectivity index (χ0v) is 10.2. The summed E-state index contributed by atoms with van der Waals surface area (Å²) in [5.41, 5.74) is 1.79. The van der Waals surface area contributed by atoms with Crippen LogP contribution in [0.5, 0.6) is 0 Å². The van der Waals surface area contributed by atoms with Crippen LogP contribution in [0, 0.1) is 0 Å². The van der Waals surface area contributed by atoms with E-state index in [1.165, 1.54) is 0 Å². The first-order valence-corrected chi connectivity index (χ1v) is 5.89. The SMILES string of the molecule is CNCC(=O)N1CC(CC(=O)O)c2ccccc21. The summed E-state index contributed by atoms with van der Waals surface area (Å²) in [6.45, 7) is 0.709. The first-order chi connectivity index (χ1) is 8.63. The lowest BCUT2D eigenvalue weighted by Crippen LogP contribution is -2.36. The second-order valence-electron chi connectivity index (χ2n) is 4.39. The van der Waals surface area contributed by atoms with Crippen LogP contribution >= 0.6 is 0 Å². The van der Waals surface area contributed by atoms with Crippen LogP contribution in [0.25, 0.3) is 0 Å². The summed E-state index contributed by atoms with van der Waals surface area (Å²) in [6, 6.07) is 7.50. The number of para-hydroxylation sites is 1. The van der Waals surface area contributed by atoms with Gasteiger partial charge in [0.15, 0.2) is 0 Å². The number of fused-ring (bicyclic) bond motifs is 1. The van der Waals surface area contributed by atoms with Crippen LogP contribution in [-0.4, -0.2) is 37.1 Å². The highest BCUT2D eigenvalue weighted by Crippen LogP contribution is 2.37. The summed E-state index contributed by atoms with van der Waals surface area (Å²) in [6.07, 6.45) is 0.0559. The number of hydrogen-bond donors (Lipinski definition) is 2. The zero-order chi connectivity index (χ0) is 13.1. The Balaban J connectivity index is 2.27. The average Bonchev–Trinajstić information content (AvgIpc) is 2.68. The minimum atomic E-state index is -0.835. The fraction of sp³-hybridized carbons (Fsp3) is 0.385. The van der Waals surface area contributed by atoms with Crippen molar-refractivity contribution in [3.05, 3.63) is 29.8 Å². The van der Waals surface area contributed by atoms with Crippen molar-refractivity contribution >= 4 is 17.6 Å². The van der Waals surface area contributed by atoms with E-state index in [-0.39, 0.29) is 24.8 Å². The first kappa shape index (κ1) is 12.6. The second-order valence-corrected chi connectivity index (χ2v) is 4.39. The van der Waals surface area contributed by atoms with E-state index < -0.39 is 5.97 Å². The number of carboxylic acids is 1. The van der Waals surface area contributed by atoms with E-state index >= 15 is 0 Å². The minimum absolute atomic E-state index is 0.0298. The molecule has 5 heteroatoms. The van der Waals surface area contributed by atoms with E-state index in [0.717, 1.165) is 11.3 Å². The van der Waals surface area contributed by atoms with E-state index in [4.69, 9.17) is 5.11 Å². The minimum Gasteiger partial charge on any atom is -0.481 e. The molecule has 1 amide bonds. The van der Waals surface area contributed by atoms with Gasteiger partial charge in [0.1, 0.15) is 0 Å². The number of anilines is 1. The van der Waals surface area contributed by atoms with Gasteiger partial charge in [0, 0.05) is 18.2 Å². The van der Waals surface area contributed by atoms with Crippen molar-refractivity contribution in [2.45, 2.75) is 12.3 Å². The van der Waals surface area contributed by atoms with Crippen LogP contribution in [0.15, 0.2) is 24.3 Å². The number of nitrogens with zero attached hydrogens (tertiary/aromatic N) is 1. The molecule has 0 radical (unpaired) electrons. The van der Waals surface area contributed by atoms with Crippen LogP contribution in [0.4, 0.5) is 5.69 Å². The number of rotatable bonds is 4. The van der Waals surface area contributed by atoms with Gasteiger partial charge in [-0.3, -0.25) is 9.59 Å². The lowest BCUT2D eigenvalue weighted by atomic mass is 9.98. The van der Waals surface area contributed by atoms with Crippen molar-refractivity contribution in [1.82, 2.24) is 5.32 Å². The van der Waals surface area contributed by atoms with Gasteiger partial charge in [0.2, 0.25) is 5.91 Å². The van der Waals surface area contributed by atoms with E-state index in [0.29, 0.717) is 6.54 Å². The molecule has 1 aromatic carbocycles. The third kappa shape index (κ3) is 2.36. The van der Waals surface area contributed by atoms with Crippen molar-refractivity contribution in [1.29, 1.82) is 0 Å². The maximum absolute atomic E-state index is 12.0. The monoisotopic (exact) mass is 248 g/mol. The molecule has 0 aliphatic carbocycles. The average molecular weight is 248 g/mol. The van der Waals surface area contributed by atoms with E-state index in [1.54, 1.807) is 11.9 Å². The molecular weight excluding hydrogens is 232 g/mol. The largest absolute Gasteiger partial charge is 0.481 e. The second kappa shape index (κ2) is 5.18. The van der Waals surface area contributed by atoms with Crippen molar-refractivity contribution in [3.63, 3.8) is 0 Å². The van der Waals surface area contributed by atoms with Crippen LogP contribution in [-0.2, 0) is 9.59 Å². The quantitative estimate of drug-likeness (QED) is 0.827. The Morgan fingerprint density at radius 2 is 2.17 bits per heavy atom. The molecule has 5 nitrogen and oxygen atoms in total. The summed E-state index contributed by atoms with van der Waals surface area (Å²) in [5, 5.41) is 11.7. The molecule has 2 rings (SSSR count). The molecule has 1 aliphatic rings. The molecule has 1 unspecified atom stereocenters. The summed E-state index contributed by atoms with van der Waals surface area (Å²) >= 11 is 0. The number of aliphatic carboxylic acids is 1. The molecule has 1 aromatic rings. The molecule has 0 saturated carbocycles. The number of carboxylic acid groups (broad SMARTS) is 1. The van der Waals surface area contributed by atoms with Crippen molar-refractivity contribution in [2.24, 2.45) is 0 Å². The van der Waals surface area contributed by atoms with Crippen molar-refractivity contribution in [3.8, 4) is 0 Å². The lowest BCUT2D eigenvalue weighted by Gasteiger charge is -2.17. The number of benzene rings is 1. The van der Waals surface area contributed by atoms with Gasteiger partial charge in [0.25, 0.3) is 0 Å². The van der Waals surface area contributed by atoms with Gasteiger partial charge in [-0.05, 0) is 18.7 Å². The maximum atomic E-state index is 12.0. The Bertz CT molecular complexity index is 473. The fourth-order valence-corrected chi connectivity index (χ4v) is 2.36. The van der Waals surface area contributed by atoms with Crippen molar-refractivity contribution in [2.75, 3.05) is 25.0 Å². The smallest absolute Gasteiger partial charge is 0.304 e. The van der Waals surface area contributed by atoms with Gasteiger partial charge in [0.05, 0.1) is 13.0 Å². The summed E-state index contributed by atoms with van der Waals surface area (Å²) in [4.78, 5) is 24.5. The Hall–Kier alpha value is -1.88. The normalized spacial score (nSPS) is 17.6. The number of hydrogen-bond acceptors (Lipinski definition) is 3. The number of carbonyl (C=O) groups is 2. The number of nitrogens with one attached hydrogen (secondary N) is 1. The van der Waals surface area contributed by atoms with Gasteiger partial charge in [-0.2, -0.15) is 0 Å². The van der Waals surface area contributed by atoms with Gasteiger partial charge in [-0.15, -0.1) is 0 Å². The molecule has 0 spiro atoms. The maximum Gasteiger partial charge on any atom is 0.304 e. The van der Waals surface area contributed by atoms with E-state index in [1.807, 2.05) is 24.3 Å². The highest BCUT2D eigenvalue weighted by atomic mass is 16.4. The Kier molecular flexibility index (Phi) is 3.62. The highest BCUT2D eigenvalue weighted by Gasteiger charge is 2.32. The molecule has 1 aliphatic heterocycles. The van der Waals surface area contributed by atoms with Crippen LogP contribution < -0.4 is 10.2 Å². The van der Waals surface area contributed by atoms with Crippen LogP contribution in [0.2, 0.25) is 0 Å². The number of likely N-dealkylation sites (N-methyl/N-ethyl adjacent to an activating group) is 1. The molecule has 0 aromatic heterocycles. The molecule has 18 heavy (non-hydrogen) atoms.